The number of aromatic nitrogens is 1. The van der Waals surface area contributed by atoms with Gasteiger partial charge in [0.05, 0.1) is 16.8 Å². The molecule has 0 spiro atoms. The fourth-order valence-corrected chi connectivity index (χ4v) is 5.57. The highest BCUT2D eigenvalue weighted by Crippen LogP contribution is 2.29. The number of nitrogens with one attached hydrogen (secondary N) is 1. The number of sulfonamides is 1. The lowest BCUT2D eigenvalue weighted by Gasteiger charge is -2.33. The van der Waals surface area contributed by atoms with Gasteiger partial charge in [-0.2, -0.15) is 13.2 Å². The van der Waals surface area contributed by atoms with Gasteiger partial charge in [-0.3, -0.25) is 4.72 Å². The second-order valence-electron chi connectivity index (χ2n) is 9.19. The van der Waals surface area contributed by atoms with Crippen LogP contribution in [0.15, 0.2) is 71.8 Å². The molecule has 1 aliphatic rings. The van der Waals surface area contributed by atoms with E-state index >= 15 is 0 Å². The first-order valence-electron chi connectivity index (χ1n) is 12.2. The highest BCUT2D eigenvalue weighted by atomic mass is 32.2. The molecular formula is C27H28F3N3O6S. The maximum atomic E-state index is 12.8. The lowest BCUT2D eigenvalue weighted by molar-refractivity contribution is -0.192. The molecule has 1 aliphatic heterocycles. The smallest absolute Gasteiger partial charge is 0.478 e. The number of carboxylic acids is 2. The minimum atomic E-state index is -5.08. The molecule has 0 amide bonds. The minimum absolute atomic E-state index is 0.0125. The molecule has 1 saturated heterocycles. The van der Waals surface area contributed by atoms with Crippen LogP contribution in [0, 0.1) is 12.8 Å². The number of hydrogen-bond donors (Lipinski definition) is 3. The minimum Gasteiger partial charge on any atom is -0.478 e. The molecule has 0 unspecified atom stereocenters. The van der Waals surface area contributed by atoms with Crippen LogP contribution in [0.25, 0.3) is 0 Å². The van der Waals surface area contributed by atoms with Crippen LogP contribution in [0.2, 0.25) is 0 Å². The number of aryl methyl sites for hydroxylation is 1. The van der Waals surface area contributed by atoms with Crippen molar-refractivity contribution >= 4 is 33.5 Å². The third kappa shape index (κ3) is 8.18. The molecule has 1 fully saturated rings. The van der Waals surface area contributed by atoms with Gasteiger partial charge < -0.3 is 15.1 Å². The number of alkyl halides is 3. The average Bonchev–Trinajstić information content (AvgIpc) is 2.89. The third-order valence-corrected chi connectivity index (χ3v) is 7.80. The third-order valence-electron chi connectivity index (χ3n) is 6.26. The van der Waals surface area contributed by atoms with E-state index < -0.39 is 28.1 Å². The van der Waals surface area contributed by atoms with Gasteiger partial charge in [0, 0.05) is 13.1 Å². The molecule has 1 aromatic heterocycles. The molecule has 4 rings (SSSR count). The fourth-order valence-electron chi connectivity index (χ4n) is 4.29. The Morgan fingerprint density at radius 2 is 1.60 bits per heavy atom. The second-order valence-corrected chi connectivity index (χ2v) is 10.8. The summed E-state index contributed by atoms with van der Waals surface area (Å²) in [5.41, 5.74) is 2.02. The first-order chi connectivity index (χ1) is 18.8. The Morgan fingerprint density at radius 3 is 2.15 bits per heavy atom. The van der Waals surface area contributed by atoms with E-state index in [0.29, 0.717) is 30.4 Å². The Morgan fingerprint density at radius 1 is 1.02 bits per heavy atom. The monoisotopic (exact) mass is 579 g/mol. The van der Waals surface area contributed by atoms with Crippen LogP contribution in [0.3, 0.4) is 0 Å². The van der Waals surface area contributed by atoms with E-state index in [4.69, 9.17) is 9.90 Å². The largest absolute Gasteiger partial charge is 0.490 e. The zero-order valence-corrected chi connectivity index (χ0v) is 22.2. The number of carboxylic acid groups (broad SMARTS) is 2. The number of benzene rings is 2. The molecule has 3 N–H and O–H groups in total. The molecular weight excluding hydrogens is 551 g/mol. The van der Waals surface area contributed by atoms with Crippen LogP contribution < -0.4 is 9.62 Å². The Kier molecular flexibility index (Phi) is 9.74. The standard InChI is InChI=1S/C25H27N3O4S.C2HF3O2/c1-18-7-5-6-10-23(18)33(31,32)27-21-16-22(25(29)30)24(26-17-21)28-13-11-20(12-14-28)15-19-8-3-2-4-9-19;3-2(4,5)1(6)7/h2-10,16-17,20,27H,11-15H2,1H3,(H,29,30);(H,6,7). The Bertz CT molecular complexity index is 1440. The van der Waals surface area contributed by atoms with E-state index in [1.165, 1.54) is 23.9 Å². The number of aromatic carboxylic acids is 1. The van der Waals surface area contributed by atoms with Crippen LogP contribution in [0.1, 0.15) is 34.3 Å². The number of carbonyl (C=O) groups is 2. The van der Waals surface area contributed by atoms with E-state index in [0.717, 1.165) is 19.3 Å². The Hall–Kier alpha value is -4.13. The van der Waals surface area contributed by atoms with E-state index in [2.05, 4.69) is 21.8 Å². The normalized spacial score (nSPS) is 14.2. The summed E-state index contributed by atoms with van der Waals surface area (Å²) < 4.78 is 59.8. The zero-order valence-electron chi connectivity index (χ0n) is 21.4. The maximum absolute atomic E-state index is 12.8. The number of anilines is 2. The van der Waals surface area contributed by atoms with Crippen molar-refractivity contribution in [3.63, 3.8) is 0 Å². The molecule has 3 aromatic rings. The van der Waals surface area contributed by atoms with Gasteiger partial charge in [0.25, 0.3) is 10.0 Å². The van der Waals surface area contributed by atoms with Crippen LogP contribution in [0.5, 0.6) is 0 Å². The number of halogens is 3. The van der Waals surface area contributed by atoms with Gasteiger partial charge in [-0.1, -0.05) is 48.5 Å². The fraction of sp³-hybridized carbons (Fsp3) is 0.296. The van der Waals surface area contributed by atoms with Gasteiger partial charge in [-0.25, -0.2) is 23.0 Å². The van der Waals surface area contributed by atoms with Crippen LogP contribution in [-0.4, -0.2) is 54.8 Å². The van der Waals surface area contributed by atoms with E-state index in [-0.39, 0.29) is 16.1 Å². The highest BCUT2D eigenvalue weighted by molar-refractivity contribution is 7.92. The summed E-state index contributed by atoms with van der Waals surface area (Å²) in [5, 5.41) is 16.9. The van der Waals surface area contributed by atoms with Gasteiger partial charge in [0.1, 0.15) is 11.4 Å². The lowest BCUT2D eigenvalue weighted by atomic mass is 9.90. The van der Waals surface area contributed by atoms with Crippen LogP contribution >= 0.6 is 0 Å². The first kappa shape index (κ1) is 30.4. The first-order valence-corrected chi connectivity index (χ1v) is 13.7. The van der Waals surface area contributed by atoms with E-state index in [9.17, 15) is 31.5 Å². The van der Waals surface area contributed by atoms with Crippen LogP contribution in [-0.2, 0) is 21.2 Å². The van der Waals surface area contributed by atoms with Crippen LogP contribution in [0.4, 0.5) is 24.7 Å². The van der Waals surface area contributed by atoms with Gasteiger partial charge in [0.15, 0.2) is 0 Å². The molecule has 40 heavy (non-hydrogen) atoms. The number of hydrogen-bond acceptors (Lipinski definition) is 6. The maximum Gasteiger partial charge on any atom is 0.490 e. The number of nitrogens with zero attached hydrogens (tertiary/aromatic N) is 2. The zero-order chi connectivity index (χ0) is 29.5. The number of piperidine rings is 1. The van der Waals surface area contributed by atoms with E-state index in [1.807, 2.05) is 23.1 Å². The summed E-state index contributed by atoms with van der Waals surface area (Å²) >= 11 is 0. The molecule has 2 heterocycles. The highest BCUT2D eigenvalue weighted by Gasteiger charge is 2.38. The van der Waals surface area contributed by atoms with E-state index in [1.54, 1.807) is 25.1 Å². The summed E-state index contributed by atoms with van der Waals surface area (Å²) in [7, 11) is -3.86. The van der Waals surface area contributed by atoms with Gasteiger partial charge in [-0.05, 0) is 55.4 Å². The summed E-state index contributed by atoms with van der Waals surface area (Å²) in [6.45, 7) is 3.12. The summed E-state index contributed by atoms with van der Waals surface area (Å²) in [5.74, 6) is -2.98. The van der Waals surface area contributed by atoms with Crippen molar-refractivity contribution in [2.24, 2.45) is 5.92 Å². The number of rotatable bonds is 7. The SMILES string of the molecule is Cc1ccccc1S(=O)(=O)Nc1cnc(N2CCC(Cc3ccccc3)CC2)c(C(=O)O)c1.O=C(O)C(F)(F)F. The average molecular weight is 580 g/mol. The Balaban J connectivity index is 0.000000559. The summed E-state index contributed by atoms with van der Waals surface area (Å²) in [6.07, 6.45) is -0.810. The molecule has 13 heteroatoms. The van der Waals surface area contributed by atoms with Gasteiger partial charge in [-0.15, -0.1) is 0 Å². The molecule has 214 valence electrons. The number of aliphatic carboxylic acids is 1. The quantitative estimate of drug-likeness (QED) is 0.357. The summed E-state index contributed by atoms with van der Waals surface area (Å²) in [4.78, 5) is 27.3. The molecule has 0 radical (unpaired) electrons. The molecule has 0 aliphatic carbocycles. The molecule has 0 bridgehead atoms. The Labute approximate surface area is 229 Å². The molecule has 0 atom stereocenters. The molecule has 2 aromatic carbocycles. The van der Waals surface area contributed by atoms with Gasteiger partial charge in [0.2, 0.25) is 0 Å². The lowest BCUT2D eigenvalue weighted by Crippen LogP contribution is -2.36. The van der Waals surface area contributed by atoms with Crippen molar-refractivity contribution in [1.29, 1.82) is 0 Å². The topological polar surface area (TPSA) is 137 Å². The van der Waals surface area contributed by atoms with Crippen molar-refractivity contribution < 1.29 is 41.4 Å². The van der Waals surface area contributed by atoms with Gasteiger partial charge >= 0.3 is 18.1 Å². The predicted molar refractivity (Wildman–Crippen MR) is 142 cm³/mol. The van der Waals surface area contributed by atoms with Crippen molar-refractivity contribution in [2.45, 2.75) is 37.3 Å². The van der Waals surface area contributed by atoms with Crippen molar-refractivity contribution in [2.75, 3.05) is 22.7 Å². The van der Waals surface area contributed by atoms with Crippen molar-refractivity contribution in [3.05, 3.63) is 83.6 Å². The number of pyridine rings is 1. The summed E-state index contributed by atoms with van der Waals surface area (Å²) in [6, 6.07) is 18.3. The molecule has 9 nitrogen and oxygen atoms in total. The molecule has 0 saturated carbocycles. The van der Waals surface area contributed by atoms with Crippen molar-refractivity contribution in [3.8, 4) is 0 Å². The predicted octanol–water partition coefficient (Wildman–Crippen LogP) is 4.98. The van der Waals surface area contributed by atoms with Crippen molar-refractivity contribution in [1.82, 2.24) is 4.98 Å². The second kappa shape index (κ2) is 12.8.